The lowest BCUT2D eigenvalue weighted by Crippen LogP contribution is -2.57. The van der Waals surface area contributed by atoms with Gasteiger partial charge in [-0.15, -0.1) is 11.3 Å². The molecule has 1 aromatic heterocycles. The van der Waals surface area contributed by atoms with Gasteiger partial charge in [-0.3, -0.25) is 9.69 Å². The van der Waals surface area contributed by atoms with Crippen LogP contribution in [0.3, 0.4) is 0 Å². The quantitative estimate of drug-likeness (QED) is 0.770. The van der Waals surface area contributed by atoms with E-state index in [-0.39, 0.29) is 15.7 Å². The van der Waals surface area contributed by atoms with E-state index in [1.54, 1.807) is 17.5 Å². The van der Waals surface area contributed by atoms with Crippen molar-refractivity contribution in [1.82, 2.24) is 14.9 Å². The predicted octanol–water partition coefficient (Wildman–Crippen LogP) is 1.03. The Morgan fingerprint density at radius 2 is 2.15 bits per heavy atom. The molecular weight excluding hydrogens is 374 g/mol. The van der Waals surface area contributed by atoms with Gasteiger partial charge in [0.1, 0.15) is 10.3 Å². The average Bonchev–Trinajstić information content (AvgIpc) is 3.06. The summed E-state index contributed by atoms with van der Waals surface area (Å²) in [5.74, 6) is 0.174. The predicted molar refractivity (Wildman–Crippen MR) is 101 cm³/mol. The molecule has 146 valence electrons. The highest BCUT2D eigenvalue weighted by atomic mass is 32.2. The lowest BCUT2D eigenvalue weighted by atomic mass is 9.89. The maximum Gasteiger partial charge on any atom is 0.250 e. The average molecular weight is 402 g/mol. The second-order valence-electron chi connectivity index (χ2n) is 7.58. The minimum Gasteiger partial charge on any atom is -0.381 e. The first-order valence-electron chi connectivity index (χ1n) is 8.98. The lowest BCUT2D eigenvalue weighted by Gasteiger charge is -2.39. The Bertz CT molecular complexity index is 712. The van der Waals surface area contributed by atoms with Crippen molar-refractivity contribution < 1.29 is 17.9 Å². The fourth-order valence-corrected chi connectivity index (χ4v) is 5.87. The molecule has 1 amide bonds. The number of nitrogens with zero attached hydrogens (tertiary/aromatic N) is 1. The topological polar surface area (TPSA) is 87.7 Å². The third kappa shape index (κ3) is 4.64. The zero-order chi connectivity index (χ0) is 18.8. The van der Waals surface area contributed by atoms with Crippen molar-refractivity contribution >= 4 is 27.3 Å². The summed E-state index contributed by atoms with van der Waals surface area (Å²) >= 11 is 1.15. The molecule has 1 aromatic rings. The number of ether oxygens (including phenoxy) is 1. The minimum absolute atomic E-state index is 0.228. The van der Waals surface area contributed by atoms with Gasteiger partial charge in [0, 0.05) is 32.8 Å². The van der Waals surface area contributed by atoms with E-state index >= 15 is 0 Å². The summed E-state index contributed by atoms with van der Waals surface area (Å²) in [6.07, 6.45) is 1.50. The molecule has 0 saturated carbocycles. The first-order valence-corrected chi connectivity index (χ1v) is 11.3. The molecule has 0 aromatic carbocycles. The number of hydrogen-bond donors (Lipinski definition) is 2. The number of carbonyl (C=O) groups is 1. The Hall–Kier alpha value is -1.00. The highest BCUT2D eigenvalue weighted by Gasteiger charge is 2.42. The number of rotatable bonds is 5. The van der Waals surface area contributed by atoms with Gasteiger partial charge >= 0.3 is 0 Å². The SMILES string of the molecule is CC(C)CN1CC(NS(=O)(=O)c2cccs2)C(=O)NC2(CCOCC2)C1. The van der Waals surface area contributed by atoms with E-state index in [0.29, 0.717) is 25.7 Å². The van der Waals surface area contributed by atoms with Crippen LogP contribution in [0.15, 0.2) is 21.7 Å². The Labute approximate surface area is 159 Å². The molecule has 2 saturated heterocycles. The van der Waals surface area contributed by atoms with Crippen LogP contribution in [0, 0.1) is 5.92 Å². The minimum atomic E-state index is -3.70. The van der Waals surface area contributed by atoms with Crippen molar-refractivity contribution in [1.29, 1.82) is 0 Å². The van der Waals surface area contributed by atoms with Crippen molar-refractivity contribution in [3.63, 3.8) is 0 Å². The number of thiophene rings is 1. The first-order chi connectivity index (χ1) is 12.3. The Kier molecular flexibility index (Phi) is 6.03. The molecule has 1 spiro atoms. The molecule has 2 N–H and O–H groups in total. The van der Waals surface area contributed by atoms with Crippen LogP contribution in [0.2, 0.25) is 0 Å². The van der Waals surface area contributed by atoms with E-state index in [1.165, 1.54) is 0 Å². The molecule has 0 radical (unpaired) electrons. The van der Waals surface area contributed by atoms with E-state index in [9.17, 15) is 13.2 Å². The van der Waals surface area contributed by atoms with Gasteiger partial charge in [-0.25, -0.2) is 8.42 Å². The normalized spacial score (nSPS) is 24.6. The molecule has 2 fully saturated rings. The third-order valence-corrected chi connectivity index (χ3v) is 7.67. The van der Waals surface area contributed by atoms with Gasteiger partial charge in [-0.2, -0.15) is 4.72 Å². The van der Waals surface area contributed by atoms with Gasteiger partial charge in [0.25, 0.3) is 10.0 Å². The van der Waals surface area contributed by atoms with Crippen molar-refractivity contribution in [2.45, 2.75) is 42.5 Å². The maximum absolute atomic E-state index is 12.9. The molecule has 26 heavy (non-hydrogen) atoms. The monoisotopic (exact) mass is 401 g/mol. The zero-order valence-electron chi connectivity index (χ0n) is 15.2. The van der Waals surface area contributed by atoms with Gasteiger partial charge < -0.3 is 10.1 Å². The molecule has 2 aliphatic heterocycles. The number of nitrogens with one attached hydrogen (secondary N) is 2. The maximum atomic E-state index is 12.9. The van der Waals surface area contributed by atoms with E-state index < -0.39 is 16.1 Å². The summed E-state index contributed by atoms with van der Waals surface area (Å²) in [5.41, 5.74) is -0.340. The van der Waals surface area contributed by atoms with E-state index in [1.807, 2.05) is 0 Å². The zero-order valence-corrected chi connectivity index (χ0v) is 16.9. The number of sulfonamides is 1. The summed E-state index contributed by atoms with van der Waals surface area (Å²) in [5, 5.41) is 4.84. The van der Waals surface area contributed by atoms with Crippen LogP contribution in [0.25, 0.3) is 0 Å². The fraction of sp³-hybridized carbons (Fsp3) is 0.706. The van der Waals surface area contributed by atoms with Gasteiger partial charge in [-0.1, -0.05) is 19.9 Å². The summed E-state index contributed by atoms with van der Waals surface area (Å²) in [6, 6.07) is 2.44. The highest BCUT2D eigenvalue weighted by Crippen LogP contribution is 2.25. The number of amides is 1. The first kappa shape index (κ1) is 19.8. The standard InChI is InChI=1S/C17H27N3O4S2/c1-13(2)10-20-11-14(19-26(22,23)15-4-3-9-25-15)16(21)18-17(12-20)5-7-24-8-6-17/h3-4,9,13-14,19H,5-8,10-12H2,1-2H3,(H,18,21). The second-order valence-corrected chi connectivity index (χ2v) is 10.5. The van der Waals surface area contributed by atoms with Gasteiger partial charge in [-0.05, 0) is 30.2 Å². The highest BCUT2D eigenvalue weighted by molar-refractivity contribution is 7.91. The van der Waals surface area contributed by atoms with Gasteiger partial charge in [0.15, 0.2) is 0 Å². The van der Waals surface area contributed by atoms with E-state index in [4.69, 9.17) is 4.74 Å². The second kappa shape index (κ2) is 7.93. The van der Waals surface area contributed by atoms with Crippen LogP contribution in [0.1, 0.15) is 26.7 Å². The van der Waals surface area contributed by atoms with Crippen molar-refractivity contribution in [3.8, 4) is 0 Å². The van der Waals surface area contributed by atoms with Crippen LogP contribution < -0.4 is 10.0 Å². The fourth-order valence-electron chi connectivity index (χ4n) is 3.67. The largest absolute Gasteiger partial charge is 0.381 e. The third-order valence-electron chi connectivity index (χ3n) is 4.80. The molecule has 3 heterocycles. The number of carbonyl (C=O) groups excluding carboxylic acids is 1. The molecule has 0 aliphatic carbocycles. The van der Waals surface area contributed by atoms with Crippen molar-refractivity contribution in [3.05, 3.63) is 17.5 Å². The number of hydrogen-bond acceptors (Lipinski definition) is 6. The van der Waals surface area contributed by atoms with Crippen LogP contribution in [-0.4, -0.2) is 63.7 Å². The summed E-state index contributed by atoms with van der Waals surface area (Å²) in [6.45, 7) is 7.38. The van der Waals surface area contributed by atoms with Crippen molar-refractivity contribution in [2.24, 2.45) is 5.92 Å². The molecule has 1 atom stereocenters. The molecular formula is C17H27N3O4S2. The van der Waals surface area contributed by atoms with Crippen LogP contribution in [0.4, 0.5) is 0 Å². The van der Waals surface area contributed by atoms with Crippen LogP contribution >= 0.6 is 11.3 Å². The Morgan fingerprint density at radius 3 is 2.77 bits per heavy atom. The Morgan fingerprint density at radius 1 is 1.42 bits per heavy atom. The summed E-state index contributed by atoms with van der Waals surface area (Å²) in [7, 11) is -3.70. The van der Waals surface area contributed by atoms with Gasteiger partial charge in [0.2, 0.25) is 5.91 Å². The summed E-state index contributed by atoms with van der Waals surface area (Å²) in [4.78, 5) is 15.1. The smallest absolute Gasteiger partial charge is 0.250 e. The van der Waals surface area contributed by atoms with Crippen molar-refractivity contribution in [2.75, 3.05) is 32.8 Å². The van der Waals surface area contributed by atoms with Crippen LogP contribution in [0.5, 0.6) is 0 Å². The van der Waals surface area contributed by atoms with E-state index in [2.05, 4.69) is 28.8 Å². The molecule has 3 rings (SSSR count). The van der Waals surface area contributed by atoms with Gasteiger partial charge in [0.05, 0.1) is 5.54 Å². The van der Waals surface area contributed by atoms with E-state index in [0.717, 1.165) is 37.3 Å². The molecule has 9 heteroatoms. The lowest BCUT2D eigenvalue weighted by molar-refractivity contribution is -0.124. The molecule has 1 unspecified atom stereocenters. The Balaban J connectivity index is 1.82. The summed E-state index contributed by atoms with van der Waals surface area (Å²) < 4.78 is 33.5. The van der Waals surface area contributed by atoms with Crippen LogP contribution in [-0.2, 0) is 19.6 Å². The molecule has 0 bridgehead atoms. The molecule has 7 nitrogen and oxygen atoms in total. The molecule has 2 aliphatic rings.